The molecule has 19 heavy (non-hydrogen) atoms. The molecule has 2 heterocycles. The molecule has 6 heteroatoms. The van der Waals surface area contributed by atoms with Crippen molar-refractivity contribution in [2.45, 2.75) is 25.8 Å². The van der Waals surface area contributed by atoms with E-state index in [0.717, 1.165) is 6.42 Å². The lowest BCUT2D eigenvalue weighted by Gasteiger charge is -2.36. The summed E-state index contributed by atoms with van der Waals surface area (Å²) in [5.74, 6) is -1.04. The molecule has 0 aromatic carbocycles. The van der Waals surface area contributed by atoms with Crippen molar-refractivity contribution in [2.75, 3.05) is 6.54 Å². The largest absolute Gasteiger partial charge is 0.480 e. The first kappa shape index (κ1) is 13.8. The molecule has 1 aliphatic heterocycles. The molecule has 102 valence electrons. The highest BCUT2D eigenvalue weighted by Crippen LogP contribution is 2.26. The van der Waals surface area contributed by atoms with Crippen molar-refractivity contribution >= 4 is 23.5 Å². The molecule has 1 aliphatic rings. The highest BCUT2D eigenvalue weighted by atomic mass is 35.5. The van der Waals surface area contributed by atoms with Gasteiger partial charge in [-0.2, -0.15) is 0 Å². The Hall–Kier alpha value is -1.62. The number of halogens is 1. The summed E-state index contributed by atoms with van der Waals surface area (Å²) in [6.45, 7) is 2.43. The number of carbonyl (C=O) groups is 2. The van der Waals surface area contributed by atoms with Gasteiger partial charge in [-0.1, -0.05) is 18.5 Å². The number of carboxylic acid groups (broad SMARTS) is 1. The van der Waals surface area contributed by atoms with Crippen molar-refractivity contribution in [1.29, 1.82) is 0 Å². The van der Waals surface area contributed by atoms with Gasteiger partial charge in [0.2, 0.25) is 0 Å². The van der Waals surface area contributed by atoms with Gasteiger partial charge in [0, 0.05) is 18.9 Å². The summed E-state index contributed by atoms with van der Waals surface area (Å²) in [5, 5.41) is 9.54. The van der Waals surface area contributed by atoms with Gasteiger partial charge in [0.25, 0.3) is 5.91 Å². The summed E-state index contributed by atoms with van der Waals surface area (Å²) in [6, 6.07) is 0.740. The van der Waals surface area contributed by atoms with Gasteiger partial charge in [0.05, 0.1) is 10.6 Å². The van der Waals surface area contributed by atoms with Crippen molar-refractivity contribution in [3.05, 3.63) is 29.0 Å². The number of rotatable bonds is 2. The molecular weight excluding hydrogens is 268 g/mol. The SMILES string of the molecule is CC1CCN(C(=O)c2cnccc2Cl)C(C(=O)O)C1. The van der Waals surface area contributed by atoms with Crippen LogP contribution in [0.5, 0.6) is 0 Å². The number of piperidine rings is 1. The van der Waals surface area contributed by atoms with Crippen molar-refractivity contribution < 1.29 is 14.7 Å². The van der Waals surface area contributed by atoms with Crippen molar-refractivity contribution in [3.8, 4) is 0 Å². The van der Waals surface area contributed by atoms with Gasteiger partial charge in [-0.05, 0) is 24.8 Å². The Labute approximate surface area is 116 Å². The number of carbonyl (C=O) groups excluding carboxylic acids is 1. The molecule has 1 N–H and O–H groups in total. The number of aliphatic carboxylic acids is 1. The fourth-order valence-corrected chi connectivity index (χ4v) is 2.49. The first-order chi connectivity index (χ1) is 9.00. The Morgan fingerprint density at radius 3 is 2.89 bits per heavy atom. The molecule has 1 amide bonds. The third-order valence-electron chi connectivity index (χ3n) is 3.41. The summed E-state index contributed by atoms with van der Waals surface area (Å²) in [7, 11) is 0. The van der Waals surface area contributed by atoms with Crippen molar-refractivity contribution in [2.24, 2.45) is 5.92 Å². The first-order valence-electron chi connectivity index (χ1n) is 6.14. The third kappa shape index (κ3) is 2.87. The van der Waals surface area contributed by atoms with E-state index < -0.39 is 12.0 Å². The van der Waals surface area contributed by atoms with Gasteiger partial charge >= 0.3 is 5.97 Å². The van der Waals surface area contributed by atoms with Crippen LogP contribution in [-0.4, -0.2) is 39.5 Å². The minimum atomic E-state index is -0.972. The quantitative estimate of drug-likeness (QED) is 0.901. The van der Waals surface area contributed by atoms with Crippen molar-refractivity contribution in [1.82, 2.24) is 9.88 Å². The average molecular weight is 283 g/mol. The smallest absolute Gasteiger partial charge is 0.326 e. The van der Waals surface area contributed by atoms with Gasteiger partial charge < -0.3 is 10.0 Å². The van der Waals surface area contributed by atoms with E-state index in [0.29, 0.717) is 23.9 Å². The van der Waals surface area contributed by atoms with Gasteiger partial charge in [-0.25, -0.2) is 4.79 Å². The lowest BCUT2D eigenvalue weighted by atomic mass is 9.92. The molecule has 1 aromatic rings. The zero-order valence-corrected chi connectivity index (χ0v) is 11.3. The van der Waals surface area contributed by atoms with E-state index in [-0.39, 0.29) is 11.5 Å². The number of hydrogen-bond donors (Lipinski definition) is 1. The zero-order chi connectivity index (χ0) is 14.0. The molecule has 1 fully saturated rings. The topological polar surface area (TPSA) is 70.5 Å². The maximum absolute atomic E-state index is 12.4. The van der Waals surface area contributed by atoms with Crippen LogP contribution in [0.15, 0.2) is 18.5 Å². The molecule has 0 spiro atoms. The highest BCUT2D eigenvalue weighted by Gasteiger charge is 2.35. The summed E-state index contributed by atoms with van der Waals surface area (Å²) in [5.41, 5.74) is 0.255. The normalized spacial score (nSPS) is 23.2. The van der Waals surface area contributed by atoms with E-state index in [1.54, 1.807) is 0 Å². The Kier molecular flexibility index (Phi) is 4.04. The molecule has 2 unspecified atom stereocenters. The molecule has 5 nitrogen and oxygen atoms in total. The van der Waals surface area contributed by atoms with Crippen LogP contribution in [0.2, 0.25) is 5.02 Å². The molecule has 0 saturated carbocycles. The minimum Gasteiger partial charge on any atom is -0.480 e. The van der Waals surface area contributed by atoms with Crippen LogP contribution in [0.4, 0.5) is 0 Å². The highest BCUT2D eigenvalue weighted by molar-refractivity contribution is 6.33. The average Bonchev–Trinajstić information content (AvgIpc) is 2.38. The molecule has 1 saturated heterocycles. The molecule has 0 radical (unpaired) electrons. The molecule has 0 aliphatic carbocycles. The van der Waals surface area contributed by atoms with E-state index in [2.05, 4.69) is 4.98 Å². The third-order valence-corrected chi connectivity index (χ3v) is 3.74. The fraction of sp³-hybridized carbons (Fsp3) is 0.462. The number of likely N-dealkylation sites (tertiary alicyclic amines) is 1. The monoisotopic (exact) mass is 282 g/mol. The Balaban J connectivity index is 2.27. The Morgan fingerprint density at radius 2 is 2.26 bits per heavy atom. The first-order valence-corrected chi connectivity index (χ1v) is 6.51. The number of pyridine rings is 1. The van der Waals surface area contributed by atoms with Crippen LogP contribution in [0.3, 0.4) is 0 Å². The van der Waals surface area contributed by atoms with E-state index >= 15 is 0 Å². The van der Waals surface area contributed by atoms with Crippen LogP contribution in [0.25, 0.3) is 0 Å². The second kappa shape index (κ2) is 5.57. The Morgan fingerprint density at radius 1 is 1.53 bits per heavy atom. The van der Waals surface area contributed by atoms with Crippen LogP contribution < -0.4 is 0 Å². The number of nitrogens with zero attached hydrogens (tertiary/aromatic N) is 2. The van der Waals surface area contributed by atoms with Crippen LogP contribution in [0.1, 0.15) is 30.1 Å². The van der Waals surface area contributed by atoms with E-state index in [1.165, 1.54) is 23.4 Å². The maximum atomic E-state index is 12.4. The summed E-state index contributed by atoms with van der Waals surface area (Å²) in [6.07, 6.45) is 4.14. The predicted octanol–water partition coefficient (Wildman–Crippen LogP) is 2.06. The Bertz CT molecular complexity index is 506. The molecule has 2 rings (SSSR count). The van der Waals surface area contributed by atoms with E-state index in [1.807, 2.05) is 6.92 Å². The second-order valence-electron chi connectivity index (χ2n) is 4.84. The van der Waals surface area contributed by atoms with Gasteiger partial charge in [-0.3, -0.25) is 9.78 Å². The minimum absolute atomic E-state index is 0.255. The van der Waals surface area contributed by atoms with Crippen LogP contribution in [-0.2, 0) is 4.79 Å². The number of aromatic nitrogens is 1. The van der Waals surface area contributed by atoms with Gasteiger partial charge in [0.15, 0.2) is 0 Å². The van der Waals surface area contributed by atoms with Crippen LogP contribution in [0, 0.1) is 5.92 Å². The predicted molar refractivity (Wildman–Crippen MR) is 70.1 cm³/mol. The lowest BCUT2D eigenvalue weighted by Crippen LogP contribution is -2.49. The van der Waals surface area contributed by atoms with Gasteiger partial charge in [-0.15, -0.1) is 0 Å². The van der Waals surface area contributed by atoms with Gasteiger partial charge in [0.1, 0.15) is 6.04 Å². The number of amides is 1. The van der Waals surface area contributed by atoms with Crippen LogP contribution >= 0.6 is 11.6 Å². The number of carboxylic acids is 1. The second-order valence-corrected chi connectivity index (χ2v) is 5.24. The van der Waals surface area contributed by atoms with E-state index in [9.17, 15) is 14.7 Å². The van der Waals surface area contributed by atoms with E-state index in [4.69, 9.17) is 11.6 Å². The molecule has 2 atom stereocenters. The summed E-state index contributed by atoms with van der Waals surface area (Å²) < 4.78 is 0. The molecular formula is C13H15ClN2O3. The van der Waals surface area contributed by atoms with Crippen molar-refractivity contribution in [3.63, 3.8) is 0 Å². The summed E-state index contributed by atoms with van der Waals surface area (Å²) in [4.78, 5) is 28.9. The lowest BCUT2D eigenvalue weighted by molar-refractivity contribution is -0.144. The molecule has 1 aromatic heterocycles. The summed E-state index contributed by atoms with van der Waals surface area (Å²) >= 11 is 5.96. The standard InChI is InChI=1S/C13H15ClN2O3/c1-8-3-5-16(11(6-8)13(18)19)12(17)9-7-15-4-2-10(9)14/h2,4,7-8,11H,3,5-6H2,1H3,(H,18,19). The maximum Gasteiger partial charge on any atom is 0.326 e. The zero-order valence-electron chi connectivity index (χ0n) is 10.5. The fourth-order valence-electron chi connectivity index (χ4n) is 2.31. The molecule has 0 bridgehead atoms. The number of hydrogen-bond acceptors (Lipinski definition) is 3.